The highest BCUT2D eigenvalue weighted by Crippen LogP contribution is 2.11. The molecule has 1 aromatic rings. The molecule has 0 radical (unpaired) electrons. The second-order valence-electron chi connectivity index (χ2n) is 3.64. The summed E-state index contributed by atoms with van der Waals surface area (Å²) >= 11 is 1.26. The van der Waals surface area contributed by atoms with Crippen LogP contribution in [0.4, 0.5) is 5.13 Å². The Morgan fingerprint density at radius 2 is 2.41 bits per heavy atom. The first-order valence-electron chi connectivity index (χ1n) is 5.36. The predicted octanol–water partition coefficient (Wildman–Crippen LogP) is 0.377. The quantitative estimate of drug-likeness (QED) is 0.765. The van der Waals surface area contributed by atoms with Crippen molar-refractivity contribution in [3.05, 3.63) is 11.6 Å². The van der Waals surface area contributed by atoms with E-state index >= 15 is 0 Å². The lowest BCUT2D eigenvalue weighted by Gasteiger charge is -2.09. The fraction of sp³-hybridized carbons (Fsp3) is 0.500. The third-order valence-electron chi connectivity index (χ3n) is 2.37. The molecular weight excluding hydrogens is 242 g/mol. The summed E-state index contributed by atoms with van der Waals surface area (Å²) in [6.45, 7) is 1.11. The summed E-state index contributed by atoms with van der Waals surface area (Å²) < 4.78 is 5.33. The van der Waals surface area contributed by atoms with Gasteiger partial charge in [-0.05, 0) is 12.8 Å². The first-order chi connectivity index (χ1) is 8.25. The number of thiazole rings is 1. The number of nitrogens with zero attached hydrogens (tertiary/aromatic N) is 1. The molecule has 0 aliphatic carbocycles. The van der Waals surface area contributed by atoms with Crippen molar-refractivity contribution in [2.75, 3.05) is 18.5 Å². The van der Waals surface area contributed by atoms with Gasteiger partial charge in [-0.25, -0.2) is 4.98 Å². The number of nitrogens with one attached hydrogen (secondary N) is 2. The lowest BCUT2D eigenvalue weighted by Crippen LogP contribution is -2.39. The van der Waals surface area contributed by atoms with Crippen molar-refractivity contribution >= 4 is 28.3 Å². The molecule has 0 saturated carbocycles. The van der Waals surface area contributed by atoms with Crippen molar-refractivity contribution in [2.45, 2.75) is 18.9 Å². The van der Waals surface area contributed by atoms with E-state index in [0.29, 0.717) is 11.7 Å². The van der Waals surface area contributed by atoms with E-state index in [9.17, 15) is 9.59 Å². The first-order valence-corrected chi connectivity index (χ1v) is 6.24. The molecule has 1 atom stereocenters. The Kier molecular flexibility index (Phi) is 4.05. The van der Waals surface area contributed by atoms with E-state index in [1.165, 1.54) is 11.3 Å². The molecule has 1 fully saturated rings. The van der Waals surface area contributed by atoms with E-state index in [2.05, 4.69) is 15.6 Å². The van der Waals surface area contributed by atoms with Crippen LogP contribution in [0.5, 0.6) is 0 Å². The average molecular weight is 255 g/mol. The van der Waals surface area contributed by atoms with Crippen molar-refractivity contribution in [1.29, 1.82) is 0 Å². The summed E-state index contributed by atoms with van der Waals surface area (Å²) in [5, 5.41) is 7.09. The van der Waals surface area contributed by atoms with Crippen LogP contribution >= 0.6 is 11.3 Å². The minimum atomic E-state index is -0.696. The lowest BCUT2D eigenvalue weighted by molar-refractivity contribution is -0.136. The zero-order valence-corrected chi connectivity index (χ0v) is 9.96. The van der Waals surface area contributed by atoms with Crippen LogP contribution in [-0.4, -0.2) is 36.1 Å². The Labute approximate surface area is 102 Å². The fourth-order valence-electron chi connectivity index (χ4n) is 1.53. The molecule has 2 amide bonds. The molecule has 92 valence electrons. The van der Waals surface area contributed by atoms with E-state index in [-0.39, 0.29) is 6.10 Å². The smallest absolute Gasteiger partial charge is 0.315 e. The highest BCUT2D eigenvalue weighted by atomic mass is 32.1. The number of hydrogen-bond donors (Lipinski definition) is 2. The van der Waals surface area contributed by atoms with E-state index < -0.39 is 11.8 Å². The number of ether oxygens (including phenoxy) is 1. The van der Waals surface area contributed by atoms with E-state index in [1.54, 1.807) is 11.6 Å². The monoisotopic (exact) mass is 255 g/mol. The minimum absolute atomic E-state index is 0.0339. The largest absolute Gasteiger partial charge is 0.376 e. The third-order valence-corrected chi connectivity index (χ3v) is 3.06. The summed E-state index contributed by atoms with van der Waals surface area (Å²) in [6, 6.07) is 0. The van der Waals surface area contributed by atoms with Crippen molar-refractivity contribution in [2.24, 2.45) is 0 Å². The predicted molar refractivity (Wildman–Crippen MR) is 62.7 cm³/mol. The van der Waals surface area contributed by atoms with Crippen LogP contribution < -0.4 is 10.6 Å². The average Bonchev–Trinajstić information content (AvgIpc) is 2.98. The normalized spacial score (nSPS) is 18.9. The van der Waals surface area contributed by atoms with Crippen LogP contribution in [0, 0.1) is 0 Å². The van der Waals surface area contributed by atoms with E-state index in [4.69, 9.17) is 4.74 Å². The molecule has 2 N–H and O–H groups in total. The van der Waals surface area contributed by atoms with Crippen LogP contribution in [0.15, 0.2) is 11.6 Å². The van der Waals surface area contributed by atoms with Gasteiger partial charge in [-0.1, -0.05) is 0 Å². The maximum absolute atomic E-state index is 11.4. The van der Waals surface area contributed by atoms with Crippen molar-refractivity contribution < 1.29 is 14.3 Å². The van der Waals surface area contributed by atoms with E-state index in [1.807, 2.05) is 0 Å². The van der Waals surface area contributed by atoms with Crippen LogP contribution in [-0.2, 0) is 14.3 Å². The van der Waals surface area contributed by atoms with Gasteiger partial charge in [0.15, 0.2) is 5.13 Å². The molecule has 0 unspecified atom stereocenters. The van der Waals surface area contributed by atoms with Gasteiger partial charge >= 0.3 is 11.8 Å². The molecule has 7 heteroatoms. The highest BCUT2D eigenvalue weighted by molar-refractivity contribution is 7.13. The zero-order chi connectivity index (χ0) is 12.1. The molecular formula is C10H13N3O3S. The number of carbonyl (C=O) groups excluding carboxylic acids is 2. The summed E-state index contributed by atoms with van der Waals surface area (Å²) in [5.74, 6) is -1.35. The molecule has 0 spiro atoms. The molecule has 1 aliphatic rings. The SMILES string of the molecule is O=C(NC[C@@H]1CCCO1)C(=O)Nc1nccs1. The second kappa shape index (κ2) is 5.74. The van der Waals surface area contributed by atoms with E-state index in [0.717, 1.165) is 19.4 Å². The van der Waals surface area contributed by atoms with Crippen LogP contribution in [0.3, 0.4) is 0 Å². The Bertz CT molecular complexity index is 388. The van der Waals surface area contributed by atoms with Crippen molar-refractivity contribution in [3.63, 3.8) is 0 Å². The summed E-state index contributed by atoms with van der Waals surface area (Å²) in [4.78, 5) is 26.7. The van der Waals surface area contributed by atoms with Gasteiger partial charge < -0.3 is 10.1 Å². The summed E-state index contributed by atoms with van der Waals surface area (Å²) in [5.41, 5.74) is 0. The van der Waals surface area contributed by atoms with Crippen LogP contribution in [0.2, 0.25) is 0 Å². The number of hydrogen-bond acceptors (Lipinski definition) is 5. The molecule has 2 rings (SSSR count). The topological polar surface area (TPSA) is 80.3 Å². The maximum atomic E-state index is 11.4. The number of rotatable bonds is 3. The van der Waals surface area contributed by atoms with Crippen LogP contribution in [0.1, 0.15) is 12.8 Å². The second-order valence-corrected chi connectivity index (χ2v) is 4.53. The summed E-state index contributed by atoms with van der Waals surface area (Å²) in [6.07, 6.45) is 3.52. The Morgan fingerprint density at radius 3 is 3.06 bits per heavy atom. The number of aromatic nitrogens is 1. The van der Waals surface area contributed by atoms with Gasteiger partial charge in [0.1, 0.15) is 0 Å². The Balaban J connectivity index is 1.73. The van der Waals surface area contributed by atoms with Gasteiger partial charge in [-0.2, -0.15) is 0 Å². The standard InChI is InChI=1S/C10H13N3O3S/c14-8(12-6-7-2-1-4-16-7)9(15)13-10-11-3-5-17-10/h3,5,7H,1-2,4,6H2,(H,12,14)(H,11,13,15)/t7-/m0/s1. The molecule has 0 bridgehead atoms. The van der Waals surface area contributed by atoms with Crippen LogP contribution in [0.25, 0.3) is 0 Å². The molecule has 17 heavy (non-hydrogen) atoms. The minimum Gasteiger partial charge on any atom is -0.376 e. The van der Waals surface area contributed by atoms with Gasteiger partial charge in [0, 0.05) is 24.7 Å². The van der Waals surface area contributed by atoms with Gasteiger partial charge in [0.2, 0.25) is 0 Å². The summed E-state index contributed by atoms with van der Waals surface area (Å²) in [7, 11) is 0. The lowest BCUT2D eigenvalue weighted by atomic mass is 10.2. The number of anilines is 1. The highest BCUT2D eigenvalue weighted by Gasteiger charge is 2.19. The maximum Gasteiger partial charge on any atom is 0.315 e. The van der Waals surface area contributed by atoms with Crippen molar-refractivity contribution in [3.8, 4) is 0 Å². The molecule has 0 aromatic carbocycles. The number of amides is 2. The van der Waals surface area contributed by atoms with Gasteiger partial charge in [0.05, 0.1) is 6.10 Å². The molecule has 1 aromatic heterocycles. The van der Waals surface area contributed by atoms with Gasteiger partial charge in [0.25, 0.3) is 0 Å². The molecule has 1 aliphatic heterocycles. The third kappa shape index (κ3) is 3.50. The first kappa shape index (κ1) is 12.0. The number of carbonyl (C=O) groups is 2. The Hall–Kier alpha value is -1.47. The molecule has 6 nitrogen and oxygen atoms in total. The molecule has 2 heterocycles. The fourth-order valence-corrected chi connectivity index (χ4v) is 2.06. The molecule has 1 saturated heterocycles. The van der Waals surface area contributed by atoms with Gasteiger partial charge in [-0.3, -0.25) is 14.9 Å². The van der Waals surface area contributed by atoms with Gasteiger partial charge in [-0.15, -0.1) is 11.3 Å². The zero-order valence-electron chi connectivity index (χ0n) is 9.14. The Morgan fingerprint density at radius 1 is 1.53 bits per heavy atom. The van der Waals surface area contributed by atoms with Crippen molar-refractivity contribution in [1.82, 2.24) is 10.3 Å².